The van der Waals surface area contributed by atoms with Gasteiger partial charge in [-0.1, -0.05) is 0 Å². The molecule has 0 fully saturated rings. The molecule has 0 atom stereocenters. The Balaban J connectivity index is 2.89. The van der Waals surface area contributed by atoms with Crippen LogP contribution in [0.1, 0.15) is 5.69 Å². The van der Waals surface area contributed by atoms with E-state index in [-0.39, 0.29) is 16.5 Å². The molecule has 3 N–H and O–H groups in total. The molecular formula is C7H7N5O2S. The summed E-state index contributed by atoms with van der Waals surface area (Å²) in [7, 11) is 0. The number of rotatable bonds is 3. The van der Waals surface area contributed by atoms with Gasteiger partial charge in [0.2, 0.25) is 0 Å². The Kier molecular flexibility index (Phi) is 3.63. The molecule has 1 heterocycles. The van der Waals surface area contributed by atoms with Gasteiger partial charge in [-0.05, 0) is 18.3 Å². The van der Waals surface area contributed by atoms with E-state index in [1.165, 1.54) is 24.5 Å². The molecule has 0 aromatic carbocycles. The van der Waals surface area contributed by atoms with E-state index in [2.05, 4.69) is 27.7 Å². The van der Waals surface area contributed by atoms with Gasteiger partial charge in [0.25, 0.3) is 5.69 Å². The quantitative estimate of drug-likeness (QED) is 0.328. The van der Waals surface area contributed by atoms with Gasteiger partial charge in [-0.15, -0.1) is 0 Å². The molecule has 15 heavy (non-hydrogen) atoms. The number of nitrogens with two attached hydrogens (primary N) is 1. The summed E-state index contributed by atoms with van der Waals surface area (Å²) in [5.74, 6) is 0. The topological polar surface area (TPSA) is 106 Å². The Morgan fingerprint density at radius 3 is 3.13 bits per heavy atom. The zero-order chi connectivity index (χ0) is 11.3. The van der Waals surface area contributed by atoms with Crippen LogP contribution in [0.2, 0.25) is 0 Å². The van der Waals surface area contributed by atoms with Crippen LogP contribution in [-0.2, 0) is 0 Å². The third-order valence-corrected chi connectivity index (χ3v) is 1.47. The van der Waals surface area contributed by atoms with Gasteiger partial charge < -0.3 is 5.73 Å². The van der Waals surface area contributed by atoms with E-state index in [9.17, 15) is 10.1 Å². The summed E-state index contributed by atoms with van der Waals surface area (Å²) in [6.45, 7) is 0. The second-order valence-corrected chi connectivity index (χ2v) is 2.84. The maximum Gasteiger partial charge on any atom is 0.296 e. The second-order valence-electron chi connectivity index (χ2n) is 2.40. The van der Waals surface area contributed by atoms with E-state index < -0.39 is 4.92 Å². The fourth-order valence-electron chi connectivity index (χ4n) is 0.820. The Bertz CT molecular complexity index is 420. The summed E-state index contributed by atoms with van der Waals surface area (Å²) in [4.78, 5) is 13.8. The molecule has 0 saturated heterocycles. The molecule has 0 aliphatic carbocycles. The molecule has 0 spiro atoms. The molecule has 7 nitrogen and oxygen atoms in total. The minimum absolute atomic E-state index is 0.0233. The summed E-state index contributed by atoms with van der Waals surface area (Å²) in [6.07, 6.45) is 2.60. The normalized spacial score (nSPS) is 10.1. The molecule has 0 unspecified atom stereocenters. The Morgan fingerprint density at radius 2 is 2.53 bits per heavy atom. The van der Waals surface area contributed by atoms with Crippen LogP contribution in [0, 0.1) is 10.1 Å². The van der Waals surface area contributed by atoms with Gasteiger partial charge in [0.15, 0.2) is 10.8 Å². The van der Waals surface area contributed by atoms with Crippen molar-refractivity contribution in [1.82, 2.24) is 10.4 Å². The zero-order valence-electron chi connectivity index (χ0n) is 7.45. The molecule has 0 aliphatic rings. The molecule has 78 valence electrons. The summed E-state index contributed by atoms with van der Waals surface area (Å²) < 4.78 is 0. The molecule has 1 aromatic heterocycles. The number of pyridine rings is 1. The van der Waals surface area contributed by atoms with Gasteiger partial charge in [0.05, 0.1) is 11.1 Å². The van der Waals surface area contributed by atoms with Crippen LogP contribution < -0.4 is 11.2 Å². The van der Waals surface area contributed by atoms with Crippen LogP contribution in [0.25, 0.3) is 0 Å². The molecule has 0 amide bonds. The van der Waals surface area contributed by atoms with Gasteiger partial charge in [-0.25, -0.2) is 4.98 Å². The zero-order valence-corrected chi connectivity index (χ0v) is 8.27. The van der Waals surface area contributed by atoms with Crippen LogP contribution in [0.4, 0.5) is 5.69 Å². The second kappa shape index (κ2) is 4.96. The van der Waals surface area contributed by atoms with Gasteiger partial charge in [0.1, 0.15) is 0 Å². The summed E-state index contributed by atoms with van der Waals surface area (Å²) in [5.41, 5.74) is 7.38. The molecule has 0 aliphatic heterocycles. The molecule has 0 radical (unpaired) electrons. The standard InChI is InChI=1S/C7H7N5O2S/c8-7(15)11-10-4-5-6(12(13)14)2-1-3-9-5/h1-4H,(H3,8,11,15)/b10-4-. The van der Waals surface area contributed by atoms with Crippen LogP contribution in [0.3, 0.4) is 0 Å². The Labute approximate surface area is 90.1 Å². The van der Waals surface area contributed by atoms with E-state index in [0.717, 1.165) is 0 Å². The third-order valence-electron chi connectivity index (χ3n) is 1.37. The lowest BCUT2D eigenvalue weighted by molar-refractivity contribution is -0.385. The van der Waals surface area contributed by atoms with E-state index >= 15 is 0 Å². The average molecular weight is 225 g/mol. The summed E-state index contributed by atoms with van der Waals surface area (Å²) >= 11 is 4.49. The van der Waals surface area contributed by atoms with Crippen molar-refractivity contribution in [1.29, 1.82) is 0 Å². The lowest BCUT2D eigenvalue weighted by atomic mass is 10.3. The number of nitro groups is 1. The first-order valence-corrected chi connectivity index (χ1v) is 4.20. The van der Waals surface area contributed by atoms with Crippen molar-refractivity contribution < 1.29 is 4.92 Å². The molecule has 1 aromatic rings. The van der Waals surface area contributed by atoms with Crippen LogP contribution in [-0.4, -0.2) is 21.2 Å². The van der Waals surface area contributed by atoms with Gasteiger partial charge in [0, 0.05) is 12.3 Å². The highest BCUT2D eigenvalue weighted by Crippen LogP contribution is 2.12. The predicted octanol–water partition coefficient (Wildman–Crippen LogP) is 0.157. The maximum absolute atomic E-state index is 10.6. The maximum atomic E-state index is 10.6. The number of nitrogens with zero attached hydrogens (tertiary/aromatic N) is 3. The van der Waals surface area contributed by atoms with E-state index in [1.807, 2.05) is 0 Å². The van der Waals surface area contributed by atoms with Crippen LogP contribution in [0.5, 0.6) is 0 Å². The molecule has 0 bridgehead atoms. The number of nitrogens with one attached hydrogen (secondary N) is 1. The SMILES string of the molecule is NC(=S)N/N=C\c1ncccc1[N+](=O)[O-]. The number of thiocarbonyl (C=S) groups is 1. The lowest BCUT2D eigenvalue weighted by Crippen LogP contribution is -2.24. The minimum atomic E-state index is -0.547. The smallest absolute Gasteiger partial charge is 0.296 e. The highest BCUT2D eigenvalue weighted by molar-refractivity contribution is 7.80. The molecule has 8 heteroatoms. The number of hydrogen-bond donors (Lipinski definition) is 2. The van der Waals surface area contributed by atoms with Gasteiger partial charge >= 0.3 is 0 Å². The first kappa shape index (κ1) is 11.0. The van der Waals surface area contributed by atoms with Crippen molar-refractivity contribution in [2.45, 2.75) is 0 Å². The number of hydrogen-bond acceptors (Lipinski definition) is 5. The van der Waals surface area contributed by atoms with Gasteiger partial charge in [-0.3, -0.25) is 15.5 Å². The number of hydrazone groups is 1. The number of aromatic nitrogens is 1. The average Bonchev–Trinajstić information content (AvgIpc) is 2.17. The highest BCUT2D eigenvalue weighted by atomic mass is 32.1. The molecular weight excluding hydrogens is 218 g/mol. The largest absolute Gasteiger partial charge is 0.375 e. The van der Waals surface area contributed by atoms with Crippen molar-refractivity contribution in [3.8, 4) is 0 Å². The van der Waals surface area contributed by atoms with Crippen molar-refractivity contribution >= 4 is 29.2 Å². The van der Waals surface area contributed by atoms with Crippen LogP contribution in [0.15, 0.2) is 23.4 Å². The van der Waals surface area contributed by atoms with Crippen molar-refractivity contribution in [3.63, 3.8) is 0 Å². The lowest BCUT2D eigenvalue weighted by Gasteiger charge is -1.95. The summed E-state index contributed by atoms with van der Waals surface area (Å²) in [5, 5.41) is 14.1. The first-order chi connectivity index (χ1) is 7.11. The fourth-order valence-corrected chi connectivity index (χ4v) is 0.873. The third kappa shape index (κ3) is 3.27. The Hall–Kier alpha value is -2.09. The van der Waals surface area contributed by atoms with Crippen LogP contribution >= 0.6 is 12.2 Å². The van der Waals surface area contributed by atoms with Crippen molar-refractivity contribution in [2.75, 3.05) is 0 Å². The fraction of sp³-hybridized carbons (Fsp3) is 0. The predicted molar refractivity (Wildman–Crippen MR) is 58.4 cm³/mol. The van der Waals surface area contributed by atoms with E-state index in [4.69, 9.17) is 5.73 Å². The van der Waals surface area contributed by atoms with E-state index in [0.29, 0.717) is 0 Å². The van der Waals surface area contributed by atoms with Crippen molar-refractivity contribution in [3.05, 3.63) is 34.1 Å². The van der Waals surface area contributed by atoms with Gasteiger partial charge in [-0.2, -0.15) is 5.10 Å². The molecule has 1 rings (SSSR count). The summed E-state index contributed by atoms with van der Waals surface area (Å²) in [6, 6.07) is 2.80. The molecule has 0 saturated carbocycles. The minimum Gasteiger partial charge on any atom is -0.375 e. The monoisotopic (exact) mass is 225 g/mol. The van der Waals surface area contributed by atoms with Crippen molar-refractivity contribution in [2.24, 2.45) is 10.8 Å². The highest BCUT2D eigenvalue weighted by Gasteiger charge is 2.11. The van der Waals surface area contributed by atoms with E-state index in [1.54, 1.807) is 0 Å². The Morgan fingerprint density at radius 1 is 1.80 bits per heavy atom. The first-order valence-electron chi connectivity index (χ1n) is 3.79.